The van der Waals surface area contributed by atoms with Crippen molar-refractivity contribution in [1.82, 2.24) is 4.90 Å². The summed E-state index contributed by atoms with van der Waals surface area (Å²) in [6.45, 7) is 6.55. The summed E-state index contributed by atoms with van der Waals surface area (Å²) in [5.74, 6) is -0.627. The molecule has 6 heteroatoms. The van der Waals surface area contributed by atoms with E-state index in [9.17, 15) is 14.0 Å². The molecule has 172 valence electrons. The van der Waals surface area contributed by atoms with Crippen molar-refractivity contribution in [3.63, 3.8) is 0 Å². The van der Waals surface area contributed by atoms with Crippen molar-refractivity contribution in [3.05, 3.63) is 65.5 Å². The highest BCUT2D eigenvalue weighted by Crippen LogP contribution is 2.29. The average molecular weight is 440 g/mol. The first kappa shape index (κ1) is 23.9. The largest absolute Gasteiger partial charge is 0.334 e. The maximum atomic E-state index is 13.3. The van der Waals surface area contributed by atoms with Crippen LogP contribution in [0.15, 0.2) is 48.5 Å². The second kappa shape index (κ2) is 10.3. The molecule has 1 aliphatic rings. The number of nitrogens with two attached hydrogens (primary N) is 1. The van der Waals surface area contributed by atoms with Crippen molar-refractivity contribution in [1.29, 1.82) is 0 Å². The molecule has 0 spiro atoms. The lowest BCUT2D eigenvalue weighted by Gasteiger charge is -2.40. The molecule has 3 N–H and O–H groups in total. The minimum atomic E-state index is -0.390. The number of carbonyl (C=O) groups is 2. The average Bonchev–Trinajstić information content (AvgIpc) is 2.73. The molecule has 0 radical (unpaired) electrons. The molecule has 1 fully saturated rings. The van der Waals surface area contributed by atoms with Gasteiger partial charge in [0.05, 0.1) is 0 Å². The van der Waals surface area contributed by atoms with Crippen LogP contribution >= 0.6 is 0 Å². The molecule has 0 heterocycles. The number of amides is 2. The molecule has 2 atom stereocenters. The van der Waals surface area contributed by atoms with E-state index in [0.717, 1.165) is 31.2 Å². The monoisotopic (exact) mass is 439 g/mol. The van der Waals surface area contributed by atoms with Crippen LogP contribution in [0, 0.1) is 11.2 Å². The van der Waals surface area contributed by atoms with Crippen molar-refractivity contribution in [3.8, 4) is 0 Å². The standard InChI is InChI=1S/C26H34FN3O2/c1-26(2,3)16-24(31)30(23-11-7-5-9-21(23)28)17-19-8-4-6-10-22(19)29-25(32)18-12-14-20(27)15-13-18/h4,6,8,10,12-15,21,23H,5,7,9,11,16-17,28H2,1-3H3,(H,29,32). The molecule has 0 aliphatic heterocycles. The zero-order valence-corrected chi connectivity index (χ0v) is 19.2. The number of para-hydroxylation sites is 1. The van der Waals surface area contributed by atoms with Crippen LogP contribution in [0.3, 0.4) is 0 Å². The molecule has 0 aromatic heterocycles. The van der Waals surface area contributed by atoms with Gasteiger partial charge in [0.1, 0.15) is 5.82 Å². The Labute approximate surface area is 190 Å². The molecule has 32 heavy (non-hydrogen) atoms. The number of nitrogens with one attached hydrogen (secondary N) is 1. The first-order valence-corrected chi connectivity index (χ1v) is 11.3. The summed E-state index contributed by atoms with van der Waals surface area (Å²) in [4.78, 5) is 28.0. The highest BCUT2D eigenvalue weighted by Gasteiger charge is 2.33. The predicted molar refractivity (Wildman–Crippen MR) is 126 cm³/mol. The fourth-order valence-corrected chi connectivity index (χ4v) is 4.23. The topological polar surface area (TPSA) is 75.4 Å². The molecule has 2 aromatic rings. The number of carbonyl (C=O) groups excluding carboxylic acids is 2. The summed E-state index contributed by atoms with van der Waals surface area (Å²) in [6, 6.07) is 12.9. The minimum Gasteiger partial charge on any atom is -0.334 e. The lowest BCUT2D eigenvalue weighted by Crippen LogP contribution is -2.52. The first-order chi connectivity index (χ1) is 15.1. The molecule has 3 rings (SSSR count). The maximum absolute atomic E-state index is 13.3. The Morgan fingerprint density at radius 2 is 1.72 bits per heavy atom. The van der Waals surface area contributed by atoms with Gasteiger partial charge in [-0.05, 0) is 54.2 Å². The molecule has 1 saturated carbocycles. The summed E-state index contributed by atoms with van der Waals surface area (Å²) in [7, 11) is 0. The van der Waals surface area contributed by atoms with Gasteiger partial charge in [-0.15, -0.1) is 0 Å². The fourth-order valence-electron chi connectivity index (χ4n) is 4.23. The number of rotatable bonds is 6. The summed E-state index contributed by atoms with van der Waals surface area (Å²) in [5, 5.41) is 2.92. The van der Waals surface area contributed by atoms with Crippen LogP contribution in [-0.2, 0) is 11.3 Å². The van der Waals surface area contributed by atoms with Gasteiger partial charge >= 0.3 is 0 Å². The highest BCUT2D eigenvalue weighted by atomic mass is 19.1. The first-order valence-electron chi connectivity index (χ1n) is 11.3. The lowest BCUT2D eigenvalue weighted by atomic mass is 9.87. The third-order valence-corrected chi connectivity index (χ3v) is 5.90. The Hall–Kier alpha value is -2.73. The van der Waals surface area contributed by atoms with Crippen molar-refractivity contribution in [2.45, 2.75) is 71.5 Å². The van der Waals surface area contributed by atoms with E-state index in [0.29, 0.717) is 24.2 Å². The third-order valence-electron chi connectivity index (χ3n) is 5.90. The Kier molecular flexibility index (Phi) is 7.67. The van der Waals surface area contributed by atoms with Crippen molar-refractivity contribution < 1.29 is 14.0 Å². The summed E-state index contributed by atoms with van der Waals surface area (Å²) in [5.41, 5.74) is 8.17. The molecular formula is C26H34FN3O2. The zero-order chi connectivity index (χ0) is 23.3. The van der Waals surface area contributed by atoms with Crippen molar-refractivity contribution >= 4 is 17.5 Å². The van der Waals surface area contributed by atoms with Gasteiger partial charge in [-0.3, -0.25) is 9.59 Å². The van der Waals surface area contributed by atoms with Gasteiger partial charge in [0.15, 0.2) is 0 Å². The second-order valence-electron chi connectivity index (χ2n) is 9.89. The van der Waals surface area contributed by atoms with Crippen LogP contribution in [0.5, 0.6) is 0 Å². The Morgan fingerprint density at radius 3 is 2.38 bits per heavy atom. The predicted octanol–water partition coefficient (Wildman–Crippen LogP) is 5.11. The van der Waals surface area contributed by atoms with Gasteiger partial charge < -0.3 is 16.0 Å². The summed E-state index contributed by atoms with van der Waals surface area (Å²) in [6.07, 6.45) is 4.37. The van der Waals surface area contributed by atoms with E-state index in [2.05, 4.69) is 26.1 Å². The molecule has 0 saturated heterocycles. The molecule has 2 amide bonds. The molecule has 1 aliphatic carbocycles. The quantitative estimate of drug-likeness (QED) is 0.656. The normalized spacial score (nSPS) is 18.8. The summed E-state index contributed by atoms with van der Waals surface area (Å²) < 4.78 is 13.2. The maximum Gasteiger partial charge on any atom is 0.255 e. The van der Waals surface area contributed by atoms with Gasteiger partial charge in [-0.1, -0.05) is 51.8 Å². The smallest absolute Gasteiger partial charge is 0.255 e. The third kappa shape index (κ3) is 6.39. The van der Waals surface area contributed by atoms with E-state index in [1.54, 1.807) is 0 Å². The molecular weight excluding hydrogens is 405 g/mol. The molecule has 0 bridgehead atoms. The van der Waals surface area contributed by atoms with E-state index < -0.39 is 5.82 Å². The van der Waals surface area contributed by atoms with Crippen molar-refractivity contribution in [2.75, 3.05) is 5.32 Å². The van der Waals surface area contributed by atoms with Crippen molar-refractivity contribution in [2.24, 2.45) is 11.1 Å². The minimum absolute atomic E-state index is 0.0144. The van der Waals surface area contributed by atoms with Crippen LogP contribution in [0.25, 0.3) is 0 Å². The molecule has 2 aromatic carbocycles. The van der Waals surface area contributed by atoms with Gasteiger partial charge in [-0.2, -0.15) is 0 Å². The number of halogens is 1. The van der Waals surface area contributed by atoms with Crippen LogP contribution in [0.4, 0.5) is 10.1 Å². The van der Waals surface area contributed by atoms with E-state index in [1.165, 1.54) is 24.3 Å². The zero-order valence-electron chi connectivity index (χ0n) is 19.2. The van der Waals surface area contributed by atoms with Crippen LogP contribution < -0.4 is 11.1 Å². The summed E-state index contributed by atoms with van der Waals surface area (Å²) >= 11 is 0. The van der Waals surface area contributed by atoms with E-state index >= 15 is 0 Å². The van der Waals surface area contributed by atoms with Gasteiger partial charge in [0.25, 0.3) is 5.91 Å². The van der Waals surface area contributed by atoms with E-state index in [4.69, 9.17) is 5.73 Å². The van der Waals surface area contributed by atoms with E-state index in [-0.39, 0.29) is 29.3 Å². The lowest BCUT2D eigenvalue weighted by molar-refractivity contribution is -0.137. The number of anilines is 1. The fraction of sp³-hybridized carbons (Fsp3) is 0.462. The number of hydrogen-bond donors (Lipinski definition) is 2. The van der Waals surface area contributed by atoms with Gasteiger partial charge in [0.2, 0.25) is 5.91 Å². The van der Waals surface area contributed by atoms with Crippen LogP contribution in [0.2, 0.25) is 0 Å². The van der Waals surface area contributed by atoms with Crippen LogP contribution in [-0.4, -0.2) is 28.8 Å². The Morgan fingerprint density at radius 1 is 1.06 bits per heavy atom. The Balaban J connectivity index is 1.85. The molecule has 5 nitrogen and oxygen atoms in total. The van der Waals surface area contributed by atoms with Gasteiger partial charge in [0, 0.05) is 36.3 Å². The second-order valence-corrected chi connectivity index (χ2v) is 9.89. The van der Waals surface area contributed by atoms with Crippen LogP contribution in [0.1, 0.15) is 68.8 Å². The number of benzene rings is 2. The number of nitrogens with zero attached hydrogens (tertiary/aromatic N) is 1. The number of hydrogen-bond acceptors (Lipinski definition) is 3. The SMILES string of the molecule is CC(C)(C)CC(=O)N(Cc1ccccc1NC(=O)c1ccc(F)cc1)C1CCCCC1N. The Bertz CT molecular complexity index is 937. The highest BCUT2D eigenvalue weighted by molar-refractivity contribution is 6.04. The molecule has 2 unspecified atom stereocenters. The van der Waals surface area contributed by atoms with Gasteiger partial charge in [-0.25, -0.2) is 4.39 Å². The van der Waals surface area contributed by atoms with E-state index in [1.807, 2.05) is 29.2 Å².